The number of Topliss-reactive ketones (excluding diaryl/α,β-unsaturated/α-hetero) is 1. The van der Waals surface area contributed by atoms with Crippen LogP contribution >= 0.6 is 0 Å². The minimum absolute atomic E-state index is 0.0951. The lowest BCUT2D eigenvalue weighted by Gasteiger charge is -2.41. The summed E-state index contributed by atoms with van der Waals surface area (Å²) in [4.78, 5) is 24.7. The maximum Gasteiger partial charge on any atom is 0.309 e. The molecule has 0 heterocycles. The SMILES string of the molecule is CC(C)C1CCC(C)(C)CC1C(=O)OCC(=O)c1ccccc1. The highest BCUT2D eigenvalue weighted by Crippen LogP contribution is 2.45. The standard InChI is InChI=1S/C20H28O3/c1-14(2)16-10-11-20(3,4)12-17(16)19(22)23-13-18(21)15-8-6-5-7-9-15/h5-9,14,16-17H,10-13H2,1-4H3. The zero-order valence-electron chi connectivity index (χ0n) is 14.7. The third kappa shape index (κ3) is 4.66. The first-order valence-corrected chi connectivity index (χ1v) is 8.55. The average molecular weight is 316 g/mol. The highest BCUT2D eigenvalue weighted by Gasteiger charge is 2.40. The van der Waals surface area contributed by atoms with E-state index >= 15 is 0 Å². The zero-order valence-corrected chi connectivity index (χ0v) is 14.7. The molecule has 126 valence electrons. The van der Waals surface area contributed by atoms with Crippen molar-refractivity contribution < 1.29 is 14.3 Å². The van der Waals surface area contributed by atoms with Crippen molar-refractivity contribution >= 4 is 11.8 Å². The summed E-state index contributed by atoms with van der Waals surface area (Å²) in [5.41, 5.74) is 0.753. The highest BCUT2D eigenvalue weighted by molar-refractivity contribution is 5.97. The molecule has 1 aliphatic carbocycles. The minimum atomic E-state index is -0.208. The van der Waals surface area contributed by atoms with E-state index in [1.54, 1.807) is 12.1 Å². The van der Waals surface area contributed by atoms with Gasteiger partial charge in [0.05, 0.1) is 5.92 Å². The Hall–Kier alpha value is -1.64. The molecule has 0 amide bonds. The molecule has 0 aliphatic heterocycles. The van der Waals surface area contributed by atoms with Gasteiger partial charge < -0.3 is 4.74 Å². The molecule has 1 aromatic carbocycles. The van der Waals surface area contributed by atoms with Crippen LogP contribution in [0.3, 0.4) is 0 Å². The molecule has 1 saturated carbocycles. The van der Waals surface area contributed by atoms with Gasteiger partial charge in [-0.05, 0) is 36.5 Å². The molecule has 0 N–H and O–H groups in total. The van der Waals surface area contributed by atoms with Gasteiger partial charge in [0.25, 0.3) is 0 Å². The summed E-state index contributed by atoms with van der Waals surface area (Å²) in [6.45, 7) is 8.58. The second kappa shape index (κ2) is 7.29. The Bertz CT molecular complexity index is 545. The summed E-state index contributed by atoms with van der Waals surface area (Å²) in [5, 5.41) is 0. The van der Waals surface area contributed by atoms with Gasteiger partial charge in [0.1, 0.15) is 0 Å². The van der Waals surface area contributed by atoms with E-state index in [0.717, 1.165) is 19.3 Å². The van der Waals surface area contributed by atoms with Crippen LogP contribution in [0.2, 0.25) is 0 Å². The van der Waals surface area contributed by atoms with Gasteiger partial charge in [-0.2, -0.15) is 0 Å². The second-order valence-electron chi connectivity index (χ2n) is 7.82. The number of carbonyl (C=O) groups excluding carboxylic acids is 2. The first-order chi connectivity index (χ1) is 10.8. The lowest BCUT2D eigenvalue weighted by Crippen LogP contribution is -2.38. The molecule has 0 bridgehead atoms. The number of hydrogen-bond acceptors (Lipinski definition) is 3. The Balaban J connectivity index is 1.98. The molecular weight excluding hydrogens is 288 g/mol. The van der Waals surface area contributed by atoms with Crippen LogP contribution in [-0.2, 0) is 9.53 Å². The first-order valence-electron chi connectivity index (χ1n) is 8.55. The Labute approximate surface area is 139 Å². The van der Waals surface area contributed by atoms with E-state index in [1.165, 1.54) is 0 Å². The number of benzene rings is 1. The molecule has 23 heavy (non-hydrogen) atoms. The van der Waals surface area contributed by atoms with Gasteiger partial charge in [0.2, 0.25) is 0 Å². The Morgan fingerprint density at radius 3 is 2.48 bits per heavy atom. The molecule has 2 atom stereocenters. The Morgan fingerprint density at radius 1 is 1.22 bits per heavy atom. The zero-order chi connectivity index (χ0) is 17.0. The van der Waals surface area contributed by atoms with Crippen molar-refractivity contribution in [1.29, 1.82) is 0 Å². The summed E-state index contributed by atoms with van der Waals surface area (Å²) in [6.07, 6.45) is 3.04. The number of ether oxygens (including phenoxy) is 1. The molecule has 3 nitrogen and oxygen atoms in total. The molecule has 3 heteroatoms. The van der Waals surface area contributed by atoms with Crippen LogP contribution in [0.5, 0.6) is 0 Å². The van der Waals surface area contributed by atoms with Gasteiger partial charge in [0.15, 0.2) is 12.4 Å². The summed E-state index contributed by atoms with van der Waals surface area (Å²) in [6, 6.07) is 8.98. The lowest BCUT2D eigenvalue weighted by atomic mass is 9.64. The normalized spacial score (nSPS) is 23.5. The van der Waals surface area contributed by atoms with Crippen LogP contribution in [-0.4, -0.2) is 18.4 Å². The fraction of sp³-hybridized carbons (Fsp3) is 0.600. The Morgan fingerprint density at radius 2 is 1.87 bits per heavy atom. The van der Waals surface area contributed by atoms with Crippen molar-refractivity contribution in [2.75, 3.05) is 6.61 Å². The molecule has 0 aromatic heterocycles. The summed E-state index contributed by atoms with van der Waals surface area (Å²) in [5.74, 6) is 0.356. The van der Waals surface area contributed by atoms with E-state index in [1.807, 2.05) is 18.2 Å². The van der Waals surface area contributed by atoms with Gasteiger partial charge in [-0.1, -0.05) is 58.0 Å². The summed E-state index contributed by atoms with van der Waals surface area (Å²) < 4.78 is 5.38. The van der Waals surface area contributed by atoms with E-state index in [0.29, 0.717) is 17.4 Å². The monoisotopic (exact) mass is 316 g/mol. The molecular formula is C20H28O3. The quantitative estimate of drug-likeness (QED) is 0.593. The molecule has 0 radical (unpaired) electrons. The van der Waals surface area contributed by atoms with Crippen LogP contribution in [0.15, 0.2) is 30.3 Å². The van der Waals surface area contributed by atoms with Crippen LogP contribution in [0.1, 0.15) is 57.3 Å². The van der Waals surface area contributed by atoms with Crippen molar-refractivity contribution in [3.8, 4) is 0 Å². The van der Waals surface area contributed by atoms with E-state index < -0.39 is 0 Å². The van der Waals surface area contributed by atoms with Gasteiger partial charge >= 0.3 is 5.97 Å². The largest absolute Gasteiger partial charge is 0.457 e. The van der Waals surface area contributed by atoms with Crippen molar-refractivity contribution in [1.82, 2.24) is 0 Å². The van der Waals surface area contributed by atoms with Gasteiger partial charge in [-0.3, -0.25) is 9.59 Å². The molecule has 1 aliphatic rings. The second-order valence-corrected chi connectivity index (χ2v) is 7.82. The van der Waals surface area contributed by atoms with Crippen LogP contribution < -0.4 is 0 Å². The molecule has 0 saturated heterocycles. The molecule has 1 aromatic rings. The van der Waals surface area contributed by atoms with E-state index in [2.05, 4.69) is 27.7 Å². The maximum absolute atomic E-state index is 12.6. The Kier molecular flexibility index (Phi) is 5.61. The maximum atomic E-state index is 12.6. The highest BCUT2D eigenvalue weighted by atomic mass is 16.5. The number of esters is 1. The number of hydrogen-bond donors (Lipinski definition) is 0. The topological polar surface area (TPSA) is 43.4 Å². The van der Waals surface area contributed by atoms with Crippen molar-refractivity contribution in [3.05, 3.63) is 35.9 Å². The third-order valence-electron chi connectivity index (χ3n) is 5.04. The van der Waals surface area contributed by atoms with E-state index in [-0.39, 0.29) is 29.7 Å². The predicted octanol–water partition coefficient (Wildman–Crippen LogP) is 4.51. The fourth-order valence-corrected chi connectivity index (χ4v) is 3.61. The van der Waals surface area contributed by atoms with Gasteiger partial charge in [-0.15, -0.1) is 0 Å². The van der Waals surface area contributed by atoms with Gasteiger partial charge in [0, 0.05) is 5.56 Å². The molecule has 1 fully saturated rings. The van der Waals surface area contributed by atoms with Crippen LogP contribution in [0.4, 0.5) is 0 Å². The lowest BCUT2D eigenvalue weighted by molar-refractivity contribution is -0.153. The molecule has 2 unspecified atom stereocenters. The number of ketones is 1. The average Bonchev–Trinajstić information content (AvgIpc) is 2.51. The van der Waals surface area contributed by atoms with E-state index in [4.69, 9.17) is 4.74 Å². The van der Waals surface area contributed by atoms with Crippen LogP contribution in [0.25, 0.3) is 0 Å². The van der Waals surface area contributed by atoms with Gasteiger partial charge in [-0.25, -0.2) is 0 Å². The molecule has 0 spiro atoms. The van der Waals surface area contributed by atoms with E-state index in [9.17, 15) is 9.59 Å². The fourth-order valence-electron chi connectivity index (χ4n) is 3.61. The third-order valence-corrected chi connectivity index (χ3v) is 5.04. The van der Waals surface area contributed by atoms with Crippen molar-refractivity contribution in [2.45, 2.75) is 47.0 Å². The molecule has 2 rings (SSSR count). The van der Waals surface area contributed by atoms with Crippen molar-refractivity contribution in [2.24, 2.45) is 23.2 Å². The van der Waals surface area contributed by atoms with Crippen molar-refractivity contribution in [3.63, 3.8) is 0 Å². The number of carbonyl (C=O) groups is 2. The first kappa shape index (κ1) is 17.7. The minimum Gasteiger partial charge on any atom is -0.457 e. The summed E-state index contributed by atoms with van der Waals surface area (Å²) >= 11 is 0. The summed E-state index contributed by atoms with van der Waals surface area (Å²) in [7, 11) is 0. The van der Waals surface area contributed by atoms with Crippen LogP contribution in [0, 0.1) is 23.2 Å². The predicted molar refractivity (Wildman–Crippen MR) is 91.2 cm³/mol. The smallest absolute Gasteiger partial charge is 0.309 e. The number of rotatable bonds is 5.